The molecule has 0 aliphatic heterocycles. The van der Waals surface area contributed by atoms with Gasteiger partial charge in [0.2, 0.25) is 5.16 Å². The summed E-state index contributed by atoms with van der Waals surface area (Å²) in [5, 5.41) is 16.5. The number of nitrogens with zero attached hydrogens (tertiary/aromatic N) is 4. The van der Waals surface area contributed by atoms with E-state index in [2.05, 4.69) is 36.8 Å². The highest BCUT2D eigenvalue weighted by atomic mass is 79.9. The van der Waals surface area contributed by atoms with Crippen molar-refractivity contribution < 1.29 is 9.47 Å². The molecule has 30 heavy (non-hydrogen) atoms. The zero-order chi connectivity index (χ0) is 21.3. The predicted octanol–water partition coefficient (Wildman–Crippen LogP) is 4.49. The van der Waals surface area contributed by atoms with Crippen LogP contribution in [0.5, 0.6) is 11.5 Å². The summed E-state index contributed by atoms with van der Waals surface area (Å²) >= 11 is 11.2. The highest BCUT2D eigenvalue weighted by Crippen LogP contribution is 2.36. The lowest BCUT2D eigenvalue weighted by Crippen LogP contribution is -2.17. The molecule has 3 aromatic rings. The fraction of sp³-hybridized carbons (Fsp3) is 0.350. The molecule has 0 amide bonds. The molecule has 0 radical (unpaired) electrons. The van der Waals surface area contributed by atoms with Gasteiger partial charge in [0.1, 0.15) is 6.61 Å². The topological polar surface area (TPSA) is 74.1 Å². The summed E-state index contributed by atoms with van der Waals surface area (Å²) in [4.78, 5) is 0. The number of aromatic nitrogens is 4. The number of benzene rings is 2. The third kappa shape index (κ3) is 6.34. The Morgan fingerprint density at radius 2 is 2.00 bits per heavy atom. The van der Waals surface area contributed by atoms with Crippen LogP contribution in [0.3, 0.4) is 0 Å². The van der Waals surface area contributed by atoms with Gasteiger partial charge < -0.3 is 14.8 Å². The highest BCUT2D eigenvalue weighted by molar-refractivity contribution is 9.10. The van der Waals surface area contributed by atoms with Gasteiger partial charge in [0.15, 0.2) is 11.5 Å². The normalized spacial score (nSPS) is 10.9. The van der Waals surface area contributed by atoms with Gasteiger partial charge >= 0.3 is 0 Å². The maximum Gasteiger partial charge on any atom is 0.209 e. The number of nitrogens with one attached hydrogen (secondary N) is 1. The smallest absolute Gasteiger partial charge is 0.209 e. The summed E-state index contributed by atoms with van der Waals surface area (Å²) in [5.74, 6) is 2.36. The van der Waals surface area contributed by atoms with E-state index in [0.717, 1.165) is 45.2 Å². The number of hydrogen-bond acceptors (Lipinski definition) is 7. The molecule has 0 aliphatic rings. The zero-order valence-electron chi connectivity index (χ0n) is 16.8. The third-order valence-corrected chi connectivity index (χ3v) is 6.39. The van der Waals surface area contributed by atoms with Gasteiger partial charge in [-0.25, -0.2) is 4.68 Å². The fourth-order valence-electron chi connectivity index (χ4n) is 2.72. The standard InChI is InChI=1S/C20H23BrClN5O2S/c1-27-20(24-25-26-27)30-11-3-10-23-12-16-17(21)8-9-18(28-2)19(16)29-13-14-4-6-15(22)7-5-14/h4-9,23H,3,10-13H2,1-2H3. The van der Waals surface area contributed by atoms with Gasteiger partial charge in [0, 0.05) is 34.4 Å². The molecule has 0 saturated carbocycles. The lowest BCUT2D eigenvalue weighted by atomic mass is 10.1. The van der Waals surface area contributed by atoms with Crippen LogP contribution in [0.2, 0.25) is 5.02 Å². The molecule has 0 fully saturated rings. The van der Waals surface area contributed by atoms with Crippen molar-refractivity contribution in [2.24, 2.45) is 7.05 Å². The van der Waals surface area contributed by atoms with Crippen molar-refractivity contribution in [3.8, 4) is 11.5 Å². The number of thioether (sulfide) groups is 1. The maximum absolute atomic E-state index is 6.14. The number of methoxy groups -OCH3 is 1. The molecule has 3 rings (SSSR count). The monoisotopic (exact) mass is 511 g/mol. The molecule has 0 aliphatic carbocycles. The van der Waals surface area contributed by atoms with Crippen LogP contribution >= 0.6 is 39.3 Å². The van der Waals surface area contributed by atoms with E-state index < -0.39 is 0 Å². The Kier molecular flexibility index (Phi) is 8.80. The van der Waals surface area contributed by atoms with Crippen molar-refractivity contribution in [3.05, 3.63) is 57.0 Å². The van der Waals surface area contributed by atoms with E-state index in [1.165, 1.54) is 0 Å². The van der Waals surface area contributed by atoms with Crippen molar-refractivity contribution in [1.29, 1.82) is 0 Å². The van der Waals surface area contributed by atoms with E-state index in [0.29, 0.717) is 23.9 Å². The minimum absolute atomic E-state index is 0.430. The van der Waals surface area contributed by atoms with Crippen molar-refractivity contribution in [2.75, 3.05) is 19.4 Å². The van der Waals surface area contributed by atoms with Gasteiger partial charge in [0.25, 0.3) is 0 Å². The average Bonchev–Trinajstić information content (AvgIpc) is 3.16. The van der Waals surface area contributed by atoms with Gasteiger partial charge in [-0.05, 0) is 53.2 Å². The second-order valence-electron chi connectivity index (χ2n) is 6.44. The molecular formula is C20H23BrClN5O2S. The van der Waals surface area contributed by atoms with Gasteiger partial charge in [-0.2, -0.15) is 0 Å². The Morgan fingerprint density at radius 1 is 1.20 bits per heavy atom. The summed E-state index contributed by atoms with van der Waals surface area (Å²) < 4.78 is 14.3. The minimum atomic E-state index is 0.430. The minimum Gasteiger partial charge on any atom is -0.493 e. The number of hydrogen-bond donors (Lipinski definition) is 1. The fourth-order valence-corrected chi connectivity index (χ4v) is 4.09. The van der Waals surface area contributed by atoms with Crippen molar-refractivity contribution in [1.82, 2.24) is 25.5 Å². The Hall–Kier alpha value is -1.81. The van der Waals surface area contributed by atoms with E-state index in [1.54, 1.807) is 23.6 Å². The summed E-state index contributed by atoms with van der Waals surface area (Å²) in [7, 11) is 3.49. The van der Waals surface area contributed by atoms with Crippen LogP contribution < -0.4 is 14.8 Å². The van der Waals surface area contributed by atoms with Gasteiger partial charge in [-0.3, -0.25) is 0 Å². The Labute approximate surface area is 193 Å². The van der Waals surface area contributed by atoms with Crippen LogP contribution in [0.15, 0.2) is 46.0 Å². The zero-order valence-corrected chi connectivity index (χ0v) is 19.9. The number of ether oxygens (including phenoxy) is 2. The summed E-state index contributed by atoms with van der Waals surface area (Å²) in [6, 6.07) is 11.5. The molecular weight excluding hydrogens is 490 g/mol. The lowest BCUT2D eigenvalue weighted by Gasteiger charge is -2.17. The van der Waals surface area contributed by atoms with Crippen molar-refractivity contribution in [2.45, 2.75) is 24.7 Å². The second-order valence-corrected chi connectivity index (χ2v) is 8.79. The summed E-state index contributed by atoms with van der Waals surface area (Å²) in [5.41, 5.74) is 2.06. The summed E-state index contributed by atoms with van der Waals surface area (Å²) in [6.07, 6.45) is 0.986. The Morgan fingerprint density at radius 3 is 2.70 bits per heavy atom. The molecule has 0 unspecified atom stereocenters. The molecule has 1 aromatic heterocycles. The van der Waals surface area contributed by atoms with Crippen LogP contribution in [0.4, 0.5) is 0 Å². The SMILES string of the molecule is COc1ccc(Br)c(CNCCCSc2nnnn2C)c1OCc1ccc(Cl)cc1. The molecule has 7 nitrogen and oxygen atoms in total. The van der Waals surface area contributed by atoms with Crippen LogP contribution in [0.1, 0.15) is 17.5 Å². The van der Waals surface area contributed by atoms with Crippen LogP contribution in [-0.4, -0.2) is 39.6 Å². The first-order chi connectivity index (χ1) is 14.6. The van der Waals surface area contributed by atoms with E-state index in [4.69, 9.17) is 21.1 Å². The Bertz CT molecular complexity index is 955. The average molecular weight is 513 g/mol. The largest absolute Gasteiger partial charge is 0.493 e. The second kappa shape index (κ2) is 11.5. The van der Waals surface area contributed by atoms with E-state index >= 15 is 0 Å². The lowest BCUT2D eigenvalue weighted by molar-refractivity contribution is 0.280. The van der Waals surface area contributed by atoms with E-state index in [-0.39, 0.29) is 0 Å². The van der Waals surface area contributed by atoms with Gasteiger partial charge in [-0.15, -0.1) is 5.10 Å². The quantitative estimate of drug-likeness (QED) is 0.300. The van der Waals surface area contributed by atoms with Gasteiger partial charge in [0.05, 0.1) is 7.11 Å². The summed E-state index contributed by atoms with van der Waals surface area (Å²) in [6.45, 7) is 1.95. The Balaban J connectivity index is 1.56. The predicted molar refractivity (Wildman–Crippen MR) is 122 cm³/mol. The molecule has 0 saturated heterocycles. The molecule has 0 bridgehead atoms. The first kappa shape index (κ1) is 22.9. The number of tetrazole rings is 1. The molecule has 160 valence electrons. The van der Waals surface area contributed by atoms with Crippen LogP contribution in [0, 0.1) is 0 Å². The number of halogens is 2. The maximum atomic E-state index is 6.14. The van der Waals surface area contributed by atoms with Crippen LogP contribution in [0.25, 0.3) is 0 Å². The third-order valence-electron chi connectivity index (χ3n) is 4.30. The number of rotatable bonds is 11. The van der Waals surface area contributed by atoms with E-state index in [9.17, 15) is 0 Å². The molecule has 2 aromatic carbocycles. The molecule has 1 N–H and O–H groups in total. The first-order valence-electron chi connectivity index (χ1n) is 9.37. The van der Waals surface area contributed by atoms with Crippen molar-refractivity contribution in [3.63, 3.8) is 0 Å². The van der Waals surface area contributed by atoms with Gasteiger partial charge in [-0.1, -0.05) is 51.4 Å². The highest BCUT2D eigenvalue weighted by Gasteiger charge is 2.15. The van der Waals surface area contributed by atoms with Crippen molar-refractivity contribution >= 4 is 39.3 Å². The molecule has 10 heteroatoms. The van der Waals surface area contributed by atoms with E-state index in [1.807, 2.05) is 43.4 Å². The molecule has 1 heterocycles. The number of aryl methyl sites for hydroxylation is 1. The molecule has 0 spiro atoms. The molecule has 0 atom stereocenters. The first-order valence-corrected chi connectivity index (χ1v) is 11.5. The van der Waals surface area contributed by atoms with Crippen LogP contribution in [-0.2, 0) is 20.2 Å².